The Labute approximate surface area is 127 Å². The number of amides is 2. The van der Waals surface area contributed by atoms with Gasteiger partial charge < -0.3 is 10.6 Å². The van der Waals surface area contributed by atoms with Gasteiger partial charge in [-0.25, -0.2) is 0 Å². The van der Waals surface area contributed by atoms with Crippen molar-refractivity contribution >= 4 is 11.8 Å². The molecule has 4 nitrogen and oxygen atoms in total. The number of hydrogen-bond donors (Lipinski definition) is 2. The number of carbonyl (C=O) groups is 2. The van der Waals surface area contributed by atoms with E-state index in [2.05, 4.69) is 10.6 Å². The van der Waals surface area contributed by atoms with Crippen molar-refractivity contribution in [3.05, 3.63) is 35.4 Å². The van der Waals surface area contributed by atoms with E-state index in [1.54, 1.807) is 13.8 Å². The van der Waals surface area contributed by atoms with Crippen molar-refractivity contribution in [2.75, 3.05) is 0 Å². The summed E-state index contributed by atoms with van der Waals surface area (Å²) in [4.78, 5) is 23.1. The molecule has 2 amide bonds. The first-order valence-corrected chi connectivity index (χ1v) is 6.82. The highest BCUT2D eigenvalue weighted by molar-refractivity contribution is 5.86. The zero-order chi connectivity index (χ0) is 16.9. The Hall–Kier alpha value is -2.05. The van der Waals surface area contributed by atoms with Gasteiger partial charge in [-0.15, -0.1) is 0 Å². The van der Waals surface area contributed by atoms with E-state index in [0.29, 0.717) is 5.56 Å². The minimum absolute atomic E-state index is 0.0970. The number of alkyl halides is 3. The topological polar surface area (TPSA) is 58.2 Å². The molecule has 1 aromatic carbocycles. The summed E-state index contributed by atoms with van der Waals surface area (Å²) in [6, 6.07) is 3.88. The minimum Gasteiger partial charge on any atom is -0.350 e. The fraction of sp³-hybridized carbons (Fsp3) is 0.467. The second kappa shape index (κ2) is 7.29. The molecule has 7 heteroatoms. The zero-order valence-corrected chi connectivity index (χ0v) is 12.6. The van der Waals surface area contributed by atoms with E-state index in [1.807, 2.05) is 0 Å². The summed E-state index contributed by atoms with van der Waals surface area (Å²) in [5.74, 6) is -0.787. The predicted molar refractivity (Wildman–Crippen MR) is 75.7 cm³/mol. The molecule has 0 saturated carbocycles. The maximum atomic E-state index is 12.4. The smallest absolute Gasteiger partial charge is 0.350 e. The van der Waals surface area contributed by atoms with Crippen molar-refractivity contribution in [3.8, 4) is 0 Å². The van der Waals surface area contributed by atoms with Crippen molar-refractivity contribution in [1.82, 2.24) is 10.6 Å². The Kier molecular flexibility index (Phi) is 5.96. The largest absolute Gasteiger partial charge is 0.416 e. The minimum atomic E-state index is -4.38. The fourth-order valence-electron chi connectivity index (χ4n) is 1.86. The third kappa shape index (κ3) is 5.38. The van der Waals surface area contributed by atoms with Crippen LogP contribution in [0.2, 0.25) is 0 Å². The van der Waals surface area contributed by atoms with Gasteiger partial charge in [0, 0.05) is 13.5 Å². The molecule has 0 saturated heterocycles. The second-order valence-corrected chi connectivity index (χ2v) is 5.33. The number of benzene rings is 1. The molecule has 1 rings (SSSR count). The Morgan fingerprint density at radius 1 is 1.14 bits per heavy atom. The molecule has 1 atom stereocenters. The van der Waals surface area contributed by atoms with Gasteiger partial charge in [-0.05, 0) is 23.6 Å². The first-order valence-electron chi connectivity index (χ1n) is 6.82. The quantitative estimate of drug-likeness (QED) is 0.877. The van der Waals surface area contributed by atoms with Gasteiger partial charge in [-0.2, -0.15) is 13.2 Å². The van der Waals surface area contributed by atoms with Crippen LogP contribution in [-0.2, 0) is 22.3 Å². The molecule has 1 aromatic rings. The van der Waals surface area contributed by atoms with Crippen molar-refractivity contribution in [2.24, 2.45) is 5.92 Å². The molecule has 0 aromatic heterocycles. The highest BCUT2D eigenvalue weighted by Gasteiger charge is 2.30. The van der Waals surface area contributed by atoms with Crippen molar-refractivity contribution in [1.29, 1.82) is 0 Å². The van der Waals surface area contributed by atoms with Crippen molar-refractivity contribution in [3.63, 3.8) is 0 Å². The first kappa shape index (κ1) is 18.0. The monoisotopic (exact) mass is 316 g/mol. The number of halogens is 3. The molecule has 0 aliphatic heterocycles. The van der Waals surface area contributed by atoms with Gasteiger partial charge in [-0.3, -0.25) is 9.59 Å². The molecule has 0 fully saturated rings. The van der Waals surface area contributed by atoms with Crippen LogP contribution in [0.3, 0.4) is 0 Å². The number of hydrogen-bond acceptors (Lipinski definition) is 2. The van der Waals surface area contributed by atoms with E-state index in [0.717, 1.165) is 12.1 Å². The summed E-state index contributed by atoms with van der Waals surface area (Å²) in [6.45, 7) is 4.99. The molecule has 0 spiro atoms. The van der Waals surface area contributed by atoms with E-state index in [4.69, 9.17) is 0 Å². The van der Waals surface area contributed by atoms with Gasteiger partial charge in [0.25, 0.3) is 0 Å². The molecule has 0 aliphatic carbocycles. The van der Waals surface area contributed by atoms with Crippen LogP contribution in [0.1, 0.15) is 31.9 Å². The van der Waals surface area contributed by atoms with Crippen LogP contribution in [-0.4, -0.2) is 17.9 Å². The lowest BCUT2D eigenvalue weighted by Crippen LogP contribution is -2.48. The van der Waals surface area contributed by atoms with Gasteiger partial charge in [0.2, 0.25) is 11.8 Å². The van der Waals surface area contributed by atoms with E-state index in [9.17, 15) is 22.8 Å². The summed E-state index contributed by atoms with van der Waals surface area (Å²) >= 11 is 0. The maximum absolute atomic E-state index is 12.4. The lowest BCUT2D eigenvalue weighted by atomic mass is 10.0. The van der Waals surface area contributed by atoms with Crippen LogP contribution < -0.4 is 10.6 Å². The molecule has 0 bridgehead atoms. The van der Waals surface area contributed by atoms with Gasteiger partial charge in [0.05, 0.1) is 5.56 Å². The molecule has 0 heterocycles. The predicted octanol–water partition coefficient (Wildman–Crippen LogP) is 2.48. The molecular formula is C15H19F3N2O2. The fourth-order valence-corrected chi connectivity index (χ4v) is 1.86. The number of carbonyl (C=O) groups excluding carboxylic acids is 2. The SMILES string of the molecule is CC(=O)NC(C(=O)NCc1ccc(C(F)(F)F)cc1)C(C)C. The third-order valence-electron chi connectivity index (χ3n) is 3.06. The third-order valence-corrected chi connectivity index (χ3v) is 3.06. The average Bonchev–Trinajstić information content (AvgIpc) is 2.41. The molecular weight excluding hydrogens is 297 g/mol. The summed E-state index contributed by atoms with van der Waals surface area (Å²) < 4.78 is 37.3. The average molecular weight is 316 g/mol. The highest BCUT2D eigenvalue weighted by Crippen LogP contribution is 2.29. The Morgan fingerprint density at radius 2 is 1.68 bits per heavy atom. The van der Waals surface area contributed by atoms with Gasteiger partial charge in [0.15, 0.2) is 0 Å². The normalized spacial score (nSPS) is 12.9. The van der Waals surface area contributed by atoms with Crippen LogP contribution in [0.25, 0.3) is 0 Å². The molecule has 2 N–H and O–H groups in total. The summed E-state index contributed by atoms with van der Waals surface area (Å²) in [5, 5.41) is 5.15. The molecule has 22 heavy (non-hydrogen) atoms. The summed E-state index contributed by atoms with van der Waals surface area (Å²) in [7, 11) is 0. The number of rotatable bonds is 5. The van der Waals surface area contributed by atoms with Crippen LogP contribution in [0.15, 0.2) is 24.3 Å². The van der Waals surface area contributed by atoms with E-state index < -0.39 is 17.8 Å². The Bertz CT molecular complexity index is 525. The first-order chi connectivity index (χ1) is 10.1. The van der Waals surface area contributed by atoms with Crippen molar-refractivity contribution < 1.29 is 22.8 Å². The summed E-state index contributed by atoms with van der Waals surface area (Å²) in [5.41, 5.74) is -0.187. The molecule has 122 valence electrons. The highest BCUT2D eigenvalue weighted by atomic mass is 19.4. The lowest BCUT2D eigenvalue weighted by Gasteiger charge is -2.21. The molecule has 1 unspecified atom stereocenters. The molecule has 0 radical (unpaired) electrons. The van der Waals surface area contributed by atoms with Gasteiger partial charge in [0.1, 0.15) is 6.04 Å². The van der Waals surface area contributed by atoms with Crippen LogP contribution >= 0.6 is 0 Å². The van der Waals surface area contributed by atoms with E-state index in [1.165, 1.54) is 19.1 Å². The van der Waals surface area contributed by atoms with Crippen LogP contribution in [0.5, 0.6) is 0 Å². The second-order valence-electron chi connectivity index (χ2n) is 5.33. The van der Waals surface area contributed by atoms with E-state index in [-0.39, 0.29) is 24.3 Å². The van der Waals surface area contributed by atoms with Crippen LogP contribution in [0, 0.1) is 5.92 Å². The zero-order valence-electron chi connectivity index (χ0n) is 12.6. The Balaban J connectivity index is 2.64. The standard InChI is InChI=1S/C15H19F3N2O2/c1-9(2)13(20-10(3)21)14(22)19-8-11-4-6-12(7-5-11)15(16,17)18/h4-7,9,13H,8H2,1-3H3,(H,19,22)(H,20,21). The van der Waals surface area contributed by atoms with Crippen LogP contribution in [0.4, 0.5) is 13.2 Å². The maximum Gasteiger partial charge on any atom is 0.416 e. The van der Waals surface area contributed by atoms with E-state index >= 15 is 0 Å². The van der Waals surface area contributed by atoms with Gasteiger partial charge >= 0.3 is 6.18 Å². The summed E-state index contributed by atoms with van der Waals surface area (Å²) in [6.07, 6.45) is -4.38. The molecule has 0 aliphatic rings. The van der Waals surface area contributed by atoms with Gasteiger partial charge in [-0.1, -0.05) is 26.0 Å². The van der Waals surface area contributed by atoms with Crippen molar-refractivity contribution in [2.45, 2.75) is 39.5 Å². The lowest BCUT2D eigenvalue weighted by molar-refractivity contribution is -0.137. The Morgan fingerprint density at radius 3 is 2.09 bits per heavy atom. The number of nitrogens with one attached hydrogen (secondary N) is 2.